The first-order chi connectivity index (χ1) is 8.84. The fourth-order valence-corrected chi connectivity index (χ4v) is 2.68. The second-order valence-corrected chi connectivity index (χ2v) is 5.41. The maximum atomic E-state index is 11.6. The Balaban J connectivity index is 1.43. The summed E-state index contributed by atoms with van der Waals surface area (Å²) in [6, 6.07) is 0. The molecule has 0 bridgehead atoms. The smallest absolute Gasteiger partial charge is 0.220 e. The van der Waals surface area contributed by atoms with E-state index in [0.29, 0.717) is 18.4 Å². The van der Waals surface area contributed by atoms with Gasteiger partial charge in [0.15, 0.2) is 0 Å². The molecule has 0 aromatic rings. The van der Waals surface area contributed by atoms with E-state index in [0.717, 1.165) is 39.2 Å². The molecule has 1 aliphatic carbocycles. The van der Waals surface area contributed by atoms with E-state index < -0.39 is 0 Å². The molecular formula is C14H25NO3. The molecule has 4 heteroatoms. The minimum Gasteiger partial charge on any atom is -0.381 e. The molecule has 1 atom stereocenters. The topological polar surface area (TPSA) is 47.6 Å². The molecule has 1 saturated heterocycles. The first kappa shape index (κ1) is 13.8. The summed E-state index contributed by atoms with van der Waals surface area (Å²) in [5.74, 6) is 0.589. The molecule has 2 aliphatic rings. The Labute approximate surface area is 109 Å². The highest BCUT2D eigenvalue weighted by atomic mass is 16.5. The monoisotopic (exact) mass is 255 g/mol. The fraction of sp³-hybridized carbons (Fsp3) is 0.929. The predicted molar refractivity (Wildman–Crippen MR) is 69.4 cm³/mol. The van der Waals surface area contributed by atoms with Crippen LogP contribution in [0.5, 0.6) is 0 Å². The molecule has 2 fully saturated rings. The Morgan fingerprint density at radius 1 is 1.28 bits per heavy atom. The van der Waals surface area contributed by atoms with Crippen LogP contribution in [0, 0.1) is 5.92 Å². The largest absolute Gasteiger partial charge is 0.381 e. The van der Waals surface area contributed by atoms with Gasteiger partial charge in [0.2, 0.25) is 5.91 Å². The van der Waals surface area contributed by atoms with Crippen LogP contribution in [0.1, 0.15) is 44.9 Å². The molecule has 2 rings (SSSR count). The highest BCUT2D eigenvalue weighted by Crippen LogP contribution is 2.20. The number of nitrogens with one attached hydrogen (secondary N) is 1. The molecule has 4 nitrogen and oxygen atoms in total. The number of carbonyl (C=O) groups excluding carboxylic acids is 1. The van der Waals surface area contributed by atoms with Crippen LogP contribution < -0.4 is 5.32 Å². The summed E-state index contributed by atoms with van der Waals surface area (Å²) in [6.45, 7) is 3.07. The normalized spacial score (nSPS) is 24.6. The van der Waals surface area contributed by atoms with Gasteiger partial charge in [-0.05, 0) is 31.6 Å². The number of rotatable bonds is 7. The van der Waals surface area contributed by atoms with Gasteiger partial charge in [-0.3, -0.25) is 4.79 Å². The molecular weight excluding hydrogens is 230 g/mol. The minimum atomic E-state index is 0.159. The lowest BCUT2D eigenvalue weighted by atomic mass is 10.1. The van der Waals surface area contributed by atoms with Crippen molar-refractivity contribution in [1.29, 1.82) is 0 Å². The molecule has 1 amide bonds. The van der Waals surface area contributed by atoms with Crippen LogP contribution in [0.25, 0.3) is 0 Å². The number of hydrogen-bond donors (Lipinski definition) is 1. The van der Waals surface area contributed by atoms with Gasteiger partial charge < -0.3 is 14.8 Å². The molecule has 1 saturated carbocycles. The third-order valence-electron chi connectivity index (χ3n) is 3.80. The average molecular weight is 255 g/mol. The molecule has 0 aromatic heterocycles. The average Bonchev–Trinajstić information content (AvgIpc) is 3.01. The third-order valence-corrected chi connectivity index (χ3v) is 3.80. The maximum Gasteiger partial charge on any atom is 0.220 e. The summed E-state index contributed by atoms with van der Waals surface area (Å²) in [4.78, 5) is 11.6. The summed E-state index contributed by atoms with van der Waals surface area (Å²) in [7, 11) is 0. The van der Waals surface area contributed by atoms with Gasteiger partial charge in [-0.25, -0.2) is 0 Å². The van der Waals surface area contributed by atoms with Crippen molar-refractivity contribution in [3.63, 3.8) is 0 Å². The van der Waals surface area contributed by atoms with Crippen molar-refractivity contribution in [2.24, 2.45) is 5.92 Å². The van der Waals surface area contributed by atoms with Crippen LogP contribution in [0.15, 0.2) is 0 Å². The van der Waals surface area contributed by atoms with Crippen molar-refractivity contribution in [3.05, 3.63) is 0 Å². The van der Waals surface area contributed by atoms with E-state index in [9.17, 15) is 4.79 Å². The van der Waals surface area contributed by atoms with Gasteiger partial charge in [-0.15, -0.1) is 0 Å². The van der Waals surface area contributed by atoms with Crippen LogP contribution in [-0.2, 0) is 14.3 Å². The lowest BCUT2D eigenvalue weighted by molar-refractivity contribution is -0.122. The highest BCUT2D eigenvalue weighted by Gasteiger charge is 2.18. The lowest BCUT2D eigenvalue weighted by Gasteiger charge is -2.11. The van der Waals surface area contributed by atoms with Crippen molar-refractivity contribution >= 4 is 5.91 Å². The molecule has 1 aliphatic heterocycles. The SMILES string of the molecule is O=C(C[C@@H]1CCOC1)NCCCOC1CCCC1. The van der Waals surface area contributed by atoms with Crippen molar-refractivity contribution in [3.8, 4) is 0 Å². The fourth-order valence-electron chi connectivity index (χ4n) is 2.68. The Kier molecular flexibility index (Phi) is 5.94. The molecule has 0 aromatic carbocycles. The van der Waals surface area contributed by atoms with Gasteiger partial charge in [-0.2, -0.15) is 0 Å². The molecule has 18 heavy (non-hydrogen) atoms. The quantitative estimate of drug-likeness (QED) is 0.707. The second-order valence-electron chi connectivity index (χ2n) is 5.41. The zero-order valence-electron chi connectivity index (χ0n) is 11.2. The molecule has 0 spiro atoms. The Bertz CT molecular complexity index is 245. The van der Waals surface area contributed by atoms with Crippen LogP contribution in [0.2, 0.25) is 0 Å². The summed E-state index contributed by atoms with van der Waals surface area (Å²) in [6.07, 6.45) is 8.10. The third kappa shape index (κ3) is 4.94. The van der Waals surface area contributed by atoms with Gasteiger partial charge in [0, 0.05) is 32.8 Å². The minimum absolute atomic E-state index is 0.159. The molecule has 104 valence electrons. The van der Waals surface area contributed by atoms with Crippen LogP contribution >= 0.6 is 0 Å². The van der Waals surface area contributed by atoms with Crippen molar-refractivity contribution in [1.82, 2.24) is 5.32 Å². The zero-order valence-corrected chi connectivity index (χ0v) is 11.2. The lowest BCUT2D eigenvalue weighted by Crippen LogP contribution is -2.27. The van der Waals surface area contributed by atoms with E-state index in [-0.39, 0.29) is 5.91 Å². The maximum absolute atomic E-state index is 11.6. The molecule has 0 unspecified atom stereocenters. The number of carbonyl (C=O) groups is 1. The van der Waals surface area contributed by atoms with E-state index in [1.165, 1.54) is 25.7 Å². The number of ether oxygens (including phenoxy) is 2. The van der Waals surface area contributed by atoms with E-state index >= 15 is 0 Å². The second kappa shape index (κ2) is 7.74. The first-order valence-corrected chi connectivity index (χ1v) is 7.30. The number of amides is 1. The first-order valence-electron chi connectivity index (χ1n) is 7.30. The molecule has 1 N–H and O–H groups in total. The summed E-state index contributed by atoms with van der Waals surface area (Å²) < 4.78 is 11.0. The van der Waals surface area contributed by atoms with Gasteiger partial charge >= 0.3 is 0 Å². The summed E-state index contributed by atoms with van der Waals surface area (Å²) in [5, 5.41) is 2.96. The Hall–Kier alpha value is -0.610. The van der Waals surface area contributed by atoms with Gasteiger partial charge in [0.05, 0.1) is 6.10 Å². The van der Waals surface area contributed by atoms with Crippen LogP contribution in [-0.4, -0.2) is 38.4 Å². The van der Waals surface area contributed by atoms with Gasteiger partial charge in [-0.1, -0.05) is 12.8 Å². The molecule has 1 heterocycles. The summed E-state index contributed by atoms with van der Waals surface area (Å²) >= 11 is 0. The van der Waals surface area contributed by atoms with E-state index in [1.54, 1.807) is 0 Å². The van der Waals surface area contributed by atoms with Crippen LogP contribution in [0.4, 0.5) is 0 Å². The highest BCUT2D eigenvalue weighted by molar-refractivity contribution is 5.76. The van der Waals surface area contributed by atoms with E-state index in [1.807, 2.05) is 0 Å². The van der Waals surface area contributed by atoms with Crippen molar-refractivity contribution < 1.29 is 14.3 Å². The summed E-state index contributed by atoms with van der Waals surface area (Å²) in [5.41, 5.74) is 0. The van der Waals surface area contributed by atoms with Crippen LogP contribution in [0.3, 0.4) is 0 Å². The van der Waals surface area contributed by atoms with Gasteiger partial charge in [0.1, 0.15) is 0 Å². The Morgan fingerprint density at radius 2 is 2.11 bits per heavy atom. The van der Waals surface area contributed by atoms with Gasteiger partial charge in [0.25, 0.3) is 0 Å². The van der Waals surface area contributed by atoms with E-state index in [4.69, 9.17) is 9.47 Å². The predicted octanol–water partition coefficient (Wildman–Crippen LogP) is 1.88. The zero-order chi connectivity index (χ0) is 12.6. The standard InChI is InChI=1S/C14H25NO3/c16-14(10-12-6-9-17-11-12)15-7-3-8-18-13-4-1-2-5-13/h12-13H,1-11H2,(H,15,16)/t12-/m0/s1. The van der Waals surface area contributed by atoms with Crippen molar-refractivity contribution in [2.45, 2.75) is 51.0 Å². The van der Waals surface area contributed by atoms with Crippen molar-refractivity contribution in [2.75, 3.05) is 26.4 Å². The molecule has 0 radical (unpaired) electrons. The Morgan fingerprint density at radius 3 is 2.83 bits per heavy atom. The van der Waals surface area contributed by atoms with E-state index in [2.05, 4.69) is 5.32 Å². The number of hydrogen-bond acceptors (Lipinski definition) is 3.